The van der Waals surface area contributed by atoms with Crippen molar-refractivity contribution in [3.05, 3.63) is 56.2 Å². The van der Waals surface area contributed by atoms with Gasteiger partial charge in [-0.05, 0) is 35.0 Å². The third-order valence-corrected chi connectivity index (χ3v) is 5.21. The van der Waals surface area contributed by atoms with Gasteiger partial charge in [0, 0.05) is 33.3 Å². The van der Waals surface area contributed by atoms with Gasteiger partial charge in [-0.15, -0.1) is 32.9 Å². The fraction of sp³-hybridized carbons (Fsp3) is 0. The zero-order valence-electron chi connectivity index (χ0n) is 10.2. The summed E-state index contributed by atoms with van der Waals surface area (Å²) in [5, 5.41) is 17.4. The molecule has 3 aliphatic heterocycles. The maximum absolute atomic E-state index is 4.74. The van der Waals surface area contributed by atoms with Crippen LogP contribution in [-0.4, -0.2) is 21.7 Å². The number of amidine groups is 2. The molecule has 4 nitrogen and oxygen atoms in total. The highest BCUT2D eigenvalue weighted by molar-refractivity contribution is 7.11. The predicted molar refractivity (Wildman–Crippen MR) is 83.5 cm³/mol. The summed E-state index contributed by atoms with van der Waals surface area (Å²) in [4.78, 5) is 2.46. The number of fused-ring (bicyclic) bond motifs is 6. The highest BCUT2D eigenvalue weighted by atomic mass is 32.1. The van der Waals surface area contributed by atoms with Crippen LogP contribution in [0, 0.1) is 0 Å². The molecule has 0 spiro atoms. The summed E-state index contributed by atoms with van der Waals surface area (Å²) in [5.41, 5.74) is 2.29. The molecule has 0 N–H and O–H groups in total. The van der Waals surface area contributed by atoms with Gasteiger partial charge < -0.3 is 0 Å². The lowest BCUT2D eigenvalue weighted by Crippen LogP contribution is -2.38. The van der Waals surface area contributed by atoms with Crippen LogP contribution in [0.1, 0.15) is 20.9 Å². The van der Waals surface area contributed by atoms with Crippen molar-refractivity contribution in [3.8, 4) is 0 Å². The van der Waals surface area contributed by atoms with E-state index >= 15 is 0 Å². The highest BCUT2D eigenvalue weighted by Crippen LogP contribution is 2.32. The topological polar surface area (TPSA) is 31.2 Å². The summed E-state index contributed by atoms with van der Waals surface area (Å²) in [6.07, 6.45) is 8.14. The number of hydrogen-bond acceptors (Lipinski definition) is 6. The molecule has 0 aromatic carbocycles. The molecular formula is C14H8N4S2. The molecule has 0 radical (unpaired) electrons. The lowest BCUT2D eigenvalue weighted by atomic mass is 10.1. The van der Waals surface area contributed by atoms with Gasteiger partial charge in [0.1, 0.15) is 0 Å². The van der Waals surface area contributed by atoms with Crippen LogP contribution in [0.3, 0.4) is 0 Å². The first-order valence-electron chi connectivity index (χ1n) is 6.18. The van der Waals surface area contributed by atoms with Gasteiger partial charge in [-0.1, -0.05) is 0 Å². The molecule has 5 rings (SSSR count). The van der Waals surface area contributed by atoms with E-state index in [1.165, 1.54) is 9.75 Å². The molecule has 0 atom stereocenters. The lowest BCUT2D eigenvalue weighted by Gasteiger charge is -2.31. The Hall–Kier alpha value is -2.18. The van der Waals surface area contributed by atoms with Gasteiger partial charge in [0.15, 0.2) is 11.7 Å². The van der Waals surface area contributed by atoms with Gasteiger partial charge >= 0.3 is 0 Å². The minimum absolute atomic E-state index is 0.885. The Morgan fingerprint density at radius 1 is 0.750 bits per heavy atom. The molecule has 0 saturated carbocycles. The molecule has 0 amide bonds. The average molecular weight is 296 g/mol. The van der Waals surface area contributed by atoms with Crippen LogP contribution in [0.4, 0.5) is 0 Å². The normalized spacial score (nSPS) is 18.0. The minimum Gasteiger partial charge on any atom is -0.218 e. The van der Waals surface area contributed by atoms with Crippen LogP contribution < -0.4 is 0 Å². The Morgan fingerprint density at radius 2 is 1.25 bits per heavy atom. The van der Waals surface area contributed by atoms with Gasteiger partial charge in [-0.25, -0.2) is 10.0 Å². The molecular weight excluding hydrogens is 288 g/mol. The van der Waals surface area contributed by atoms with Gasteiger partial charge in [0.25, 0.3) is 0 Å². The van der Waals surface area contributed by atoms with Crippen LogP contribution in [0.25, 0.3) is 12.2 Å². The maximum atomic E-state index is 4.74. The second-order valence-electron chi connectivity index (χ2n) is 4.56. The van der Waals surface area contributed by atoms with E-state index in [-0.39, 0.29) is 0 Å². The average Bonchev–Trinajstić information content (AvgIpc) is 3.13. The first kappa shape index (κ1) is 10.6. The van der Waals surface area contributed by atoms with Crippen molar-refractivity contribution in [1.29, 1.82) is 0 Å². The largest absolute Gasteiger partial charge is 0.218 e. The number of thiophene rings is 2. The first-order valence-corrected chi connectivity index (χ1v) is 7.94. The molecule has 3 aliphatic rings. The third kappa shape index (κ3) is 1.29. The summed E-state index contributed by atoms with van der Waals surface area (Å²) < 4.78 is 0. The maximum Gasteiger partial charge on any atom is 0.182 e. The smallest absolute Gasteiger partial charge is 0.182 e. The zero-order chi connectivity index (χ0) is 13.1. The van der Waals surface area contributed by atoms with Gasteiger partial charge in [0.05, 0.1) is 0 Å². The van der Waals surface area contributed by atoms with Gasteiger partial charge in [0.2, 0.25) is 0 Å². The Bertz CT molecular complexity index is 767. The molecule has 0 fully saturated rings. The molecule has 2 aromatic heterocycles. The quantitative estimate of drug-likeness (QED) is 0.746. The van der Waals surface area contributed by atoms with Crippen molar-refractivity contribution in [3.63, 3.8) is 0 Å². The Balaban J connectivity index is 1.70. The van der Waals surface area contributed by atoms with E-state index in [1.807, 2.05) is 22.4 Å². The monoisotopic (exact) mass is 296 g/mol. The molecule has 5 heterocycles. The predicted octanol–water partition coefficient (Wildman–Crippen LogP) is 3.42. The van der Waals surface area contributed by atoms with E-state index < -0.39 is 0 Å². The fourth-order valence-electron chi connectivity index (χ4n) is 2.50. The van der Waals surface area contributed by atoms with E-state index in [4.69, 9.17) is 10.2 Å². The summed E-state index contributed by atoms with van der Waals surface area (Å²) in [6, 6.07) is 4.19. The molecule has 0 saturated heterocycles. The molecule has 20 heavy (non-hydrogen) atoms. The molecule has 0 aliphatic carbocycles. The number of rotatable bonds is 0. The van der Waals surface area contributed by atoms with Crippen molar-refractivity contribution < 1.29 is 0 Å². The summed E-state index contributed by atoms with van der Waals surface area (Å²) in [7, 11) is 0. The minimum atomic E-state index is 0.885. The van der Waals surface area contributed by atoms with E-state index in [1.54, 1.807) is 22.7 Å². The van der Waals surface area contributed by atoms with E-state index in [0.717, 1.165) is 22.8 Å². The van der Waals surface area contributed by atoms with Gasteiger partial charge in [-0.2, -0.15) is 0 Å². The molecule has 96 valence electrons. The van der Waals surface area contributed by atoms with Crippen LogP contribution in [-0.2, 0) is 0 Å². The third-order valence-electron chi connectivity index (χ3n) is 3.45. The molecule has 2 aromatic rings. The molecule has 6 heteroatoms. The van der Waals surface area contributed by atoms with Crippen LogP contribution >= 0.6 is 22.7 Å². The van der Waals surface area contributed by atoms with Crippen LogP contribution in [0.5, 0.6) is 0 Å². The van der Waals surface area contributed by atoms with E-state index in [2.05, 4.69) is 35.0 Å². The highest BCUT2D eigenvalue weighted by Gasteiger charge is 2.29. The second-order valence-corrected chi connectivity index (χ2v) is 6.46. The number of hydrogen-bond donors (Lipinski definition) is 0. The molecule has 0 unspecified atom stereocenters. The zero-order valence-corrected chi connectivity index (χ0v) is 11.9. The summed E-state index contributed by atoms with van der Waals surface area (Å²) in [6.45, 7) is 0. The van der Waals surface area contributed by atoms with Crippen LogP contribution in [0.15, 0.2) is 45.5 Å². The second kappa shape index (κ2) is 3.68. The van der Waals surface area contributed by atoms with Crippen molar-refractivity contribution >= 4 is 46.5 Å². The standard InChI is InChI=1S/C14H8N4S2/c1-5-17-13(9-3-7-19-11(1)9)16-18-6-2-12-10(4-8-20-12)14(18)15-17/h1-8H. The van der Waals surface area contributed by atoms with E-state index in [0.29, 0.717) is 0 Å². The van der Waals surface area contributed by atoms with Crippen molar-refractivity contribution in [2.75, 3.05) is 0 Å². The van der Waals surface area contributed by atoms with Crippen LogP contribution in [0.2, 0.25) is 0 Å². The van der Waals surface area contributed by atoms with Gasteiger partial charge in [-0.3, -0.25) is 0 Å². The Kier molecular flexibility index (Phi) is 1.95. The van der Waals surface area contributed by atoms with E-state index in [9.17, 15) is 0 Å². The number of nitrogens with zero attached hydrogens (tertiary/aromatic N) is 4. The molecule has 0 bridgehead atoms. The Morgan fingerprint density at radius 3 is 1.75 bits per heavy atom. The Labute approximate surface area is 123 Å². The van der Waals surface area contributed by atoms with Crippen molar-refractivity contribution in [2.45, 2.75) is 0 Å². The summed E-state index contributed by atoms with van der Waals surface area (Å²) >= 11 is 3.45. The SMILES string of the molecule is C1=CN2N=C3c4ccsc4C=CN3N=C2c2ccsc21. The fourth-order valence-corrected chi connectivity index (χ4v) is 4.05. The van der Waals surface area contributed by atoms with Crippen molar-refractivity contribution in [2.24, 2.45) is 10.2 Å². The summed E-state index contributed by atoms with van der Waals surface area (Å²) in [5.74, 6) is 1.77. The first-order chi connectivity index (χ1) is 9.90. The number of hydrazone groups is 2. The lowest BCUT2D eigenvalue weighted by molar-refractivity contribution is 0.490. The van der Waals surface area contributed by atoms with Crippen molar-refractivity contribution in [1.82, 2.24) is 10.0 Å².